The minimum atomic E-state index is -0.548. The Morgan fingerprint density at radius 2 is 1.68 bits per heavy atom. The quantitative estimate of drug-likeness (QED) is 0.0771. The maximum atomic E-state index is 10.9. The number of hydrogen-bond donors (Lipinski definition) is 1. The molecule has 0 saturated heterocycles. The van der Waals surface area contributed by atoms with Gasteiger partial charge in [0.15, 0.2) is 6.73 Å². The van der Waals surface area contributed by atoms with Crippen molar-refractivity contribution in [1.82, 2.24) is 20.4 Å². The molecule has 2 aromatic carbocycles. The highest BCUT2D eigenvalue weighted by Crippen LogP contribution is 2.32. The lowest BCUT2D eigenvalue weighted by molar-refractivity contribution is -0.384. The highest BCUT2D eigenvalue weighted by molar-refractivity contribution is 7.99. The molecule has 0 radical (unpaired) electrons. The van der Waals surface area contributed by atoms with E-state index in [4.69, 9.17) is 32.7 Å². The van der Waals surface area contributed by atoms with Crippen molar-refractivity contribution >= 4 is 68.5 Å². The molecule has 0 aliphatic rings. The van der Waals surface area contributed by atoms with Crippen molar-refractivity contribution in [2.24, 2.45) is 0 Å². The molecule has 15 heteroatoms. The number of rotatable bonds is 13. The SMILES string of the molecule is Cc1ccc(OCNc2nnc(CCSCCc3nnc(Oc4ccc([N+](=O)[O-])c(Cl)c4)s3)s2)cc1Cl. The van der Waals surface area contributed by atoms with Crippen molar-refractivity contribution in [2.45, 2.75) is 19.8 Å². The lowest BCUT2D eigenvalue weighted by Gasteiger charge is -2.07. The molecule has 2 aromatic heterocycles. The van der Waals surface area contributed by atoms with Gasteiger partial charge in [-0.1, -0.05) is 57.0 Å². The maximum absolute atomic E-state index is 10.9. The van der Waals surface area contributed by atoms with E-state index in [2.05, 4.69) is 25.7 Å². The van der Waals surface area contributed by atoms with Crippen molar-refractivity contribution in [3.8, 4) is 16.7 Å². The number of thioether (sulfide) groups is 1. The number of nitrogens with zero attached hydrogens (tertiary/aromatic N) is 5. The maximum Gasteiger partial charge on any atom is 0.299 e. The molecule has 0 spiro atoms. The minimum Gasteiger partial charge on any atom is -0.473 e. The van der Waals surface area contributed by atoms with Gasteiger partial charge in [0, 0.05) is 30.0 Å². The summed E-state index contributed by atoms with van der Waals surface area (Å²) in [5.41, 5.74) is 0.823. The number of anilines is 1. The van der Waals surface area contributed by atoms with Crippen molar-refractivity contribution in [1.29, 1.82) is 0 Å². The van der Waals surface area contributed by atoms with Gasteiger partial charge in [-0.15, -0.1) is 15.3 Å². The molecule has 0 amide bonds. The second-order valence-corrected chi connectivity index (χ2v) is 11.5. The van der Waals surface area contributed by atoms with Crippen molar-refractivity contribution in [3.63, 3.8) is 0 Å². The third kappa shape index (κ3) is 8.14. The van der Waals surface area contributed by atoms with E-state index in [1.165, 1.54) is 40.9 Å². The molecule has 0 bridgehead atoms. The summed E-state index contributed by atoms with van der Waals surface area (Å²) in [6.45, 7) is 2.21. The first-order valence-corrected chi connectivity index (χ1v) is 14.4. The van der Waals surface area contributed by atoms with Gasteiger partial charge in [0.1, 0.15) is 26.5 Å². The standard InChI is InChI=1S/C22H20Cl2N6O4S3/c1-13-2-3-14(10-16(13)23)33-12-25-21-28-26-19(36-21)6-8-35-9-7-20-27-29-22(37-20)34-15-4-5-18(30(31)32)17(24)11-15/h2-5,10-11H,6-9,12H2,1H3,(H,25,28). The third-order valence-corrected chi connectivity index (χ3v) is 8.26. The Hall–Kier alpha value is -2.71. The fourth-order valence-electron chi connectivity index (χ4n) is 2.87. The summed E-state index contributed by atoms with van der Waals surface area (Å²) in [5, 5.41) is 34.0. The molecule has 0 fully saturated rings. The Bertz CT molecular complexity index is 1370. The molecule has 4 aromatic rings. The van der Waals surface area contributed by atoms with Gasteiger partial charge in [0.25, 0.3) is 10.9 Å². The summed E-state index contributed by atoms with van der Waals surface area (Å²) in [4.78, 5) is 10.3. The van der Waals surface area contributed by atoms with Gasteiger partial charge in [-0.25, -0.2) is 0 Å². The molecule has 0 unspecified atom stereocenters. The highest BCUT2D eigenvalue weighted by atomic mass is 35.5. The molecule has 0 aliphatic carbocycles. The van der Waals surface area contributed by atoms with E-state index in [0.29, 0.717) is 26.8 Å². The first-order valence-electron chi connectivity index (χ1n) is 10.8. The predicted molar refractivity (Wildman–Crippen MR) is 148 cm³/mol. The monoisotopic (exact) mass is 598 g/mol. The lowest BCUT2D eigenvalue weighted by Crippen LogP contribution is -2.08. The Morgan fingerprint density at radius 3 is 2.41 bits per heavy atom. The summed E-state index contributed by atoms with van der Waals surface area (Å²) in [5.74, 6) is 2.82. The second kappa shape index (κ2) is 13.2. The summed E-state index contributed by atoms with van der Waals surface area (Å²) in [7, 11) is 0. The van der Waals surface area contributed by atoms with E-state index in [0.717, 1.165) is 39.9 Å². The Balaban J connectivity index is 1.13. The minimum absolute atomic E-state index is 0.00270. The van der Waals surface area contributed by atoms with Crippen LogP contribution in [0.25, 0.3) is 0 Å². The highest BCUT2D eigenvalue weighted by Gasteiger charge is 2.14. The van der Waals surface area contributed by atoms with Crippen LogP contribution in [0.15, 0.2) is 36.4 Å². The Morgan fingerprint density at radius 1 is 0.973 bits per heavy atom. The van der Waals surface area contributed by atoms with E-state index < -0.39 is 4.92 Å². The Kier molecular flexibility index (Phi) is 9.75. The van der Waals surface area contributed by atoms with Gasteiger partial charge in [-0.2, -0.15) is 11.8 Å². The molecular formula is C22H20Cl2N6O4S3. The summed E-state index contributed by atoms with van der Waals surface area (Å²) in [6, 6.07) is 9.72. The molecule has 0 saturated carbocycles. The van der Waals surface area contributed by atoms with E-state index in [9.17, 15) is 10.1 Å². The van der Waals surface area contributed by atoms with Crippen LogP contribution < -0.4 is 14.8 Å². The number of benzene rings is 2. The van der Waals surface area contributed by atoms with Crippen LogP contribution in [0.2, 0.25) is 10.0 Å². The average Bonchev–Trinajstić information content (AvgIpc) is 3.50. The lowest BCUT2D eigenvalue weighted by atomic mass is 10.2. The van der Waals surface area contributed by atoms with E-state index in [1.54, 1.807) is 17.8 Å². The van der Waals surface area contributed by atoms with Crippen LogP contribution in [0.3, 0.4) is 0 Å². The molecule has 4 rings (SSSR count). The van der Waals surface area contributed by atoms with E-state index in [-0.39, 0.29) is 17.4 Å². The summed E-state index contributed by atoms with van der Waals surface area (Å²) >= 11 is 16.6. The first-order chi connectivity index (χ1) is 17.9. The Labute approximate surface area is 234 Å². The molecule has 194 valence electrons. The van der Waals surface area contributed by atoms with Crippen LogP contribution in [0.5, 0.6) is 16.7 Å². The number of hydrogen-bond acceptors (Lipinski definition) is 12. The van der Waals surface area contributed by atoms with E-state index in [1.807, 2.05) is 19.1 Å². The number of ether oxygens (including phenoxy) is 2. The molecule has 10 nitrogen and oxygen atoms in total. The van der Waals surface area contributed by atoms with Gasteiger partial charge >= 0.3 is 0 Å². The summed E-state index contributed by atoms with van der Waals surface area (Å²) in [6.07, 6.45) is 1.56. The van der Waals surface area contributed by atoms with Gasteiger partial charge in [-0.05, 0) is 42.2 Å². The molecule has 0 aliphatic heterocycles. The van der Waals surface area contributed by atoms with Gasteiger partial charge in [0.2, 0.25) is 5.13 Å². The number of aromatic nitrogens is 4. The average molecular weight is 600 g/mol. The van der Waals surface area contributed by atoms with Crippen LogP contribution in [0.4, 0.5) is 10.8 Å². The first kappa shape index (κ1) is 27.3. The zero-order chi connectivity index (χ0) is 26.2. The number of nitro benzene ring substituents is 1. The smallest absolute Gasteiger partial charge is 0.299 e. The fraction of sp³-hybridized carbons (Fsp3) is 0.273. The van der Waals surface area contributed by atoms with Gasteiger partial charge in [-0.3, -0.25) is 10.1 Å². The van der Waals surface area contributed by atoms with Crippen molar-refractivity contribution in [2.75, 3.05) is 23.6 Å². The number of aryl methyl sites for hydroxylation is 3. The number of halogens is 2. The zero-order valence-electron chi connectivity index (χ0n) is 19.3. The van der Waals surface area contributed by atoms with Crippen LogP contribution >= 0.6 is 57.6 Å². The zero-order valence-corrected chi connectivity index (χ0v) is 23.3. The molecule has 1 N–H and O–H groups in total. The van der Waals surface area contributed by atoms with Gasteiger partial charge < -0.3 is 14.8 Å². The van der Waals surface area contributed by atoms with Crippen molar-refractivity contribution in [3.05, 3.63) is 72.1 Å². The normalized spacial score (nSPS) is 10.9. The van der Waals surface area contributed by atoms with Crippen LogP contribution in [-0.2, 0) is 12.8 Å². The molecule has 2 heterocycles. The van der Waals surface area contributed by atoms with Crippen LogP contribution in [0.1, 0.15) is 15.6 Å². The summed E-state index contributed by atoms with van der Waals surface area (Å²) < 4.78 is 11.3. The second-order valence-electron chi connectivity index (χ2n) is 7.42. The largest absolute Gasteiger partial charge is 0.473 e. The number of nitrogens with one attached hydrogen (secondary N) is 1. The molecule has 37 heavy (non-hydrogen) atoms. The van der Waals surface area contributed by atoms with E-state index >= 15 is 0 Å². The molecule has 0 atom stereocenters. The third-order valence-electron chi connectivity index (χ3n) is 4.76. The van der Waals surface area contributed by atoms with Crippen LogP contribution in [0, 0.1) is 17.0 Å². The van der Waals surface area contributed by atoms with Crippen molar-refractivity contribution < 1.29 is 14.4 Å². The topological polar surface area (TPSA) is 125 Å². The predicted octanol–water partition coefficient (Wildman–Crippen LogP) is 6.67. The molecular weight excluding hydrogens is 579 g/mol. The number of nitro groups is 1. The van der Waals surface area contributed by atoms with Crippen LogP contribution in [-0.4, -0.2) is 43.6 Å². The van der Waals surface area contributed by atoms with Gasteiger partial charge in [0.05, 0.1) is 4.92 Å². The fourth-order valence-corrected chi connectivity index (χ4v) is 5.85.